The van der Waals surface area contributed by atoms with Crippen LogP contribution in [0, 0.1) is 63.1 Å². The number of phenolic OH excluding ortho intramolecular Hbond substituents is 3. The minimum absolute atomic E-state index is 0.00285. The number of amides is 6. The standard InChI is InChI=1S/C31H35N5O3.C28H29FN6O2.C27H30N6O4.C26H28N6O4/c1-2-21-3-6-23(7-4-21)25-10-5-22(17-29(25)38)19-35-15-12-31(11-14-32,13-16-35)36-20-26(30(33)39)27(34-36)18-28(37)24-8-9-24;29-26-21(8-9-23(32-26)19-4-2-1-3-5-19)17-34-14-11-28(10-13-30,12-15-34)35-18-22(27(31)37)24(33-35)16-25(36)20-6-7-20;1-2-37-26(36)30-25-22(24(29)35)18-33(31-25)27(10-13-28)11-14-32(15-12-27)17-19-8-9-21(23(34)16-19)20-6-4-3-5-7-20;1-36-25(35)29-24-21(23(28)34)17-32(30-24)26(9-12-27)10-13-31(14-11-26)16-18-7-8-20(22(33)15-18)19-5-3-2-4-6-19/h3-7,10,17,20,24,38H,2,8-9,11-13,15-16,18-19H2,1H3,(H2,33,39);1-5,8-9,18,20H,6-7,10-12,14-17H2,(H2,31,37);3-9,16,18,34H,2,10-12,14-15,17H2,1H3,(H2,29,35)(H,30,31,36);2-8,15,17,33H,9-11,13-14,16H2,1H3,(H2,28,34)(H,29,30,35). The van der Waals surface area contributed by atoms with Crippen LogP contribution in [-0.2, 0) is 86.7 Å². The van der Waals surface area contributed by atoms with Gasteiger partial charge in [0.2, 0.25) is 5.95 Å². The van der Waals surface area contributed by atoms with Crippen molar-refractivity contribution in [2.45, 2.75) is 184 Å². The minimum atomic E-state index is -0.770. The maximum absolute atomic E-state index is 14.9. The zero-order chi connectivity index (χ0) is 106. The number of ether oxygens (including phenoxy) is 2. The lowest BCUT2D eigenvalue weighted by molar-refractivity contribution is -0.120. The fraction of sp³-hybridized carbons (Fsp3) is 0.366. The Hall–Kier alpha value is -16.6. The molecule has 0 bridgehead atoms. The number of methoxy groups -OCH3 is 1. The Kier molecular flexibility index (Phi) is 34.5. The highest BCUT2D eigenvalue weighted by Gasteiger charge is 2.45. The Bertz CT molecular complexity index is 7020. The summed E-state index contributed by atoms with van der Waals surface area (Å²) >= 11 is 0. The summed E-state index contributed by atoms with van der Waals surface area (Å²) in [5.41, 5.74) is 32.6. The van der Waals surface area contributed by atoms with E-state index in [-0.39, 0.29) is 120 Å². The topological polar surface area (TPSA) is 536 Å². The number of hydrogen-bond donors (Lipinski definition) is 9. The molecule has 4 aliphatic heterocycles. The number of nitrogens with two attached hydrogens (primary N) is 4. The van der Waals surface area contributed by atoms with E-state index in [4.69, 9.17) is 27.7 Å². The van der Waals surface area contributed by atoms with Crippen molar-refractivity contribution in [2.75, 3.05) is 76.7 Å². The van der Waals surface area contributed by atoms with Gasteiger partial charge < -0.3 is 47.7 Å². The van der Waals surface area contributed by atoms with Gasteiger partial charge in [0.25, 0.3) is 23.6 Å². The van der Waals surface area contributed by atoms with Crippen molar-refractivity contribution in [1.82, 2.24) is 63.7 Å². The van der Waals surface area contributed by atoms with Gasteiger partial charge in [-0.3, -0.25) is 77.7 Å². The SMILES string of the molecule is CCOC(=O)Nc1nn(C2(CC#N)CCN(Cc3ccc(-c4ccccc4)c(O)c3)CC2)cc1C(N)=O.CCc1ccc(-c2ccc(CN3CCC(CC#N)(n4cc(C(N)=O)c(CC(=O)C5CC5)n4)CC3)cc2O)cc1.COC(=O)Nc1nn(C2(CC#N)CCN(Cc3ccc(-c4ccccc4)c(O)c3)CC2)cc1C(N)=O.N#CCC1(n2cc(C(N)=O)c(CC(=O)C3CC3)n2)CCN(Cc2ccc(-c3ccccc3)nc2F)CC1. The molecule has 149 heavy (non-hydrogen) atoms. The molecule has 7 aromatic carbocycles. The Balaban J connectivity index is 0.000000149. The van der Waals surface area contributed by atoms with E-state index >= 15 is 0 Å². The highest BCUT2D eigenvalue weighted by Crippen LogP contribution is 2.44. The Morgan fingerprint density at radius 2 is 0.718 bits per heavy atom. The first-order valence-corrected chi connectivity index (χ1v) is 50.1. The number of hydrogen-bond acceptors (Lipinski definition) is 26. The summed E-state index contributed by atoms with van der Waals surface area (Å²) in [5.74, 6) is -2.15. The lowest BCUT2D eigenvalue weighted by Gasteiger charge is -2.41. The molecule has 0 unspecified atom stereocenters. The van der Waals surface area contributed by atoms with Crippen LogP contribution in [0.4, 0.5) is 25.6 Å². The predicted molar refractivity (Wildman–Crippen MR) is 553 cm³/mol. The normalized spacial score (nSPS) is 16.1. The van der Waals surface area contributed by atoms with Crippen molar-refractivity contribution in [1.29, 1.82) is 21.0 Å². The number of primary amides is 4. The number of pyridine rings is 1. The smallest absolute Gasteiger partial charge is 0.412 e. The van der Waals surface area contributed by atoms with E-state index in [1.165, 1.54) is 25.1 Å². The molecule has 9 heterocycles. The lowest BCUT2D eigenvalue weighted by atomic mass is 9.84. The number of benzene rings is 7. The molecule has 12 aromatic rings. The Morgan fingerprint density at radius 3 is 1.03 bits per heavy atom. The summed E-state index contributed by atoms with van der Waals surface area (Å²) in [7, 11) is 1.21. The summed E-state index contributed by atoms with van der Waals surface area (Å²) in [4.78, 5) is 110. The second-order valence-electron chi connectivity index (χ2n) is 39.0. The zero-order valence-corrected chi connectivity index (χ0v) is 83.6. The molecular formula is C112H122FN23O13. The molecule has 770 valence electrons. The van der Waals surface area contributed by atoms with Gasteiger partial charge in [-0.2, -0.15) is 45.8 Å². The number of likely N-dealkylation sites (tertiary alicyclic amines) is 4. The van der Waals surface area contributed by atoms with E-state index in [9.17, 15) is 79.1 Å². The molecule has 18 rings (SSSR count). The molecule has 2 aliphatic carbocycles. The van der Waals surface area contributed by atoms with Gasteiger partial charge in [-0.25, -0.2) is 14.6 Å². The Labute approximate surface area is 862 Å². The number of ketones is 2. The van der Waals surface area contributed by atoms with Crippen molar-refractivity contribution in [3.63, 3.8) is 0 Å². The maximum Gasteiger partial charge on any atom is 0.412 e. The van der Waals surface area contributed by atoms with Crippen molar-refractivity contribution in [3.8, 4) is 86.2 Å². The van der Waals surface area contributed by atoms with Gasteiger partial charge in [0.1, 0.15) is 39.9 Å². The number of Topliss-reactive ketones (excluding diaryl/α,β-unsaturated/α-hetero) is 2. The molecule has 6 amide bonds. The van der Waals surface area contributed by atoms with E-state index in [0.29, 0.717) is 139 Å². The Morgan fingerprint density at radius 1 is 0.403 bits per heavy atom. The predicted octanol–water partition coefficient (Wildman–Crippen LogP) is 15.2. The van der Waals surface area contributed by atoms with Crippen LogP contribution in [0.15, 0.2) is 207 Å². The second kappa shape index (κ2) is 48.2. The van der Waals surface area contributed by atoms with E-state index in [0.717, 1.165) is 101 Å². The summed E-state index contributed by atoms with van der Waals surface area (Å²) in [5, 5.41) is 93.3. The van der Waals surface area contributed by atoms with Gasteiger partial charge in [0.15, 0.2) is 11.6 Å². The number of aromatic hydroxyl groups is 3. The largest absolute Gasteiger partial charge is 0.507 e. The maximum atomic E-state index is 14.9. The van der Waals surface area contributed by atoms with Crippen molar-refractivity contribution < 1.29 is 67.5 Å². The van der Waals surface area contributed by atoms with Crippen LogP contribution < -0.4 is 33.6 Å². The van der Waals surface area contributed by atoms with Crippen LogP contribution in [-0.4, -0.2) is 192 Å². The summed E-state index contributed by atoms with van der Waals surface area (Å²) < 4.78 is 30.9. The van der Waals surface area contributed by atoms with E-state index < -0.39 is 63.9 Å². The summed E-state index contributed by atoms with van der Waals surface area (Å²) in [6.45, 7) is 11.7. The van der Waals surface area contributed by atoms with Crippen LogP contribution in [0.1, 0.15) is 197 Å². The van der Waals surface area contributed by atoms with Crippen molar-refractivity contribution >= 4 is 59.0 Å². The molecule has 37 heteroatoms. The third kappa shape index (κ3) is 26.1. The van der Waals surface area contributed by atoms with Crippen LogP contribution in [0.25, 0.3) is 44.6 Å². The van der Waals surface area contributed by atoms with Gasteiger partial charge in [0.05, 0.1) is 127 Å². The number of rotatable bonds is 34. The third-order valence-electron chi connectivity index (χ3n) is 29.1. The van der Waals surface area contributed by atoms with Crippen LogP contribution >= 0.6 is 0 Å². The molecule has 2 saturated carbocycles. The second-order valence-corrected chi connectivity index (χ2v) is 39.0. The number of aryl methyl sites for hydroxylation is 1. The number of halogens is 1. The summed E-state index contributed by atoms with van der Waals surface area (Å²) in [6.07, 6.45) is 15.2. The lowest BCUT2D eigenvalue weighted by Crippen LogP contribution is -2.46. The number of nitriles is 4. The first-order valence-electron chi connectivity index (χ1n) is 50.1. The average molecular weight is 2020 g/mol. The van der Waals surface area contributed by atoms with E-state index in [1.807, 2.05) is 146 Å². The number of phenols is 3. The van der Waals surface area contributed by atoms with Crippen molar-refractivity contribution in [3.05, 3.63) is 274 Å². The third-order valence-corrected chi connectivity index (χ3v) is 29.1. The molecule has 5 aromatic heterocycles. The van der Waals surface area contributed by atoms with E-state index in [2.05, 4.69) is 110 Å². The molecule has 6 fully saturated rings. The first kappa shape index (κ1) is 107. The fourth-order valence-electron chi connectivity index (χ4n) is 19.9. The molecule has 36 nitrogen and oxygen atoms in total. The van der Waals surface area contributed by atoms with Crippen molar-refractivity contribution in [2.24, 2.45) is 34.8 Å². The van der Waals surface area contributed by atoms with Gasteiger partial charge >= 0.3 is 12.2 Å². The molecule has 6 aliphatic rings. The molecule has 0 spiro atoms. The highest BCUT2D eigenvalue weighted by atomic mass is 19.1. The zero-order valence-electron chi connectivity index (χ0n) is 83.6. The van der Waals surface area contributed by atoms with E-state index in [1.54, 1.807) is 56.2 Å². The van der Waals surface area contributed by atoms with Gasteiger partial charge in [-0.1, -0.05) is 165 Å². The number of nitrogens with zero attached hydrogens (tertiary/aromatic N) is 17. The number of aromatic nitrogens is 9. The highest BCUT2D eigenvalue weighted by molar-refractivity contribution is 6.02. The average Bonchev–Trinajstić information content (AvgIpc) is 1.71. The molecule has 4 saturated heterocycles. The van der Waals surface area contributed by atoms with Crippen LogP contribution in [0.3, 0.4) is 0 Å². The number of anilines is 2. The molecule has 0 radical (unpaired) electrons. The first-order chi connectivity index (χ1) is 71.9. The number of carbonyl (C=O) groups is 8. The van der Waals surface area contributed by atoms with Gasteiger partial charge in [-0.05, 0) is 154 Å². The minimum Gasteiger partial charge on any atom is -0.507 e. The number of nitrogens with one attached hydrogen (secondary N) is 2. The van der Waals surface area contributed by atoms with Crippen LogP contribution in [0.2, 0.25) is 0 Å². The molecule has 0 atom stereocenters. The number of piperidine rings is 4. The molecule has 13 N–H and O–H groups in total. The van der Waals surface area contributed by atoms with Gasteiger partial charge in [0, 0.05) is 143 Å². The van der Waals surface area contributed by atoms with Gasteiger partial charge in [-0.15, -0.1) is 0 Å². The summed E-state index contributed by atoms with van der Waals surface area (Å²) in [6, 6.07) is 67.2. The quantitative estimate of drug-likeness (QED) is 0.0169. The van der Waals surface area contributed by atoms with Crippen LogP contribution in [0.5, 0.6) is 17.2 Å². The monoisotopic (exact) mass is 2020 g/mol. The fourth-order valence-corrected chi connectivity index (χ4v) is 19.9. The molecular weight excluding hydrogens is 1890 g/mol. The number of carbonyl (C=O) groups excluding carboxylic acids is 8.